The van der Waals surface area contributed by atoms with Gasteiger partial charge in [-0.1, -0.05) is 36.0 Å². The molecule has 0 saturated carbocycles. The van der Waals surface area contributed by atoms with Gasteiger partial charge in [0.25, 0.3) is 5.56 Å². The summed E-state index contributed by atoms with van der Waals surface area (Å²) in [4.78, 5) is 26.1. The zero-order chi connectivity index (χ0) is 23.8. The minimum atomic E-state index is -0.242. The summed E-state index contributed by atoms with van der Waals surface area (Å²) >= 11 is 1.27. The van der Waals surface area contributed by atoms with E-state index in [0.29, 0.717) is 27.6 Å². The topological polar surface area (TPSA) is 94.4 Å². The molecule has 0 aliphatic rings. The number of fused-ring (bicyclic) bond motifs is 3. The van der Waals surface area contributed by atoms with Gasteiger partial charge >= 0.3 is 0 Å². The first-order valence-corrected chi connectivity index (χ1v) is 11.9. The fourth-order valence-electron chi connectivity index (χ4n) is 3.99. The third-order valence-corrected chi connectivity index (χ3v) is 6.82. The third-order valence-electron chi connectivity index (χ3n) is 5.89. The molecule has 0 bridgehead atoms. The highest BCUT2D eigenvalue weighted by Crippen LogP contribution is 2.25. The van der Waals surface area contributed by atoms with E-state index in [0.717, 1.165) is 16.8 Å². The second-order valence-electron chi connectivity index (χ2n) is 8.09. The molecule has 5 aromatic rings. The molecule has 0 spiro atoms. The monoisotopic (exact) mass is 473 g/mol. The molecule has 0 saturated heterocycles. The second kappa shape index (κ2) is 8.83. The molecule has 3 aromatic heterocycles. The fraction of sp³-hybridized carbons (Fsp3) is 0.200. The van der Waals surface area contributed by atoms with Gasteiger partial charge in [0.15, 0.2) is 5.16 Å². The van der Waals surface area contributed by atoms with E-state index in [2.05, 4.69) is 15.5 Å². The minimum absolute atomic E-state index is 0.142. The normalized spacial score (nSPS) is 12.3. The van der Waals surface area contributed by atoms with E-state index in [9.17, 15) is 9.59 Å². The van der Waals surface area contributed by atoms with E-state index in [1.54, 1.807) is 23.0 Å². The van der Waals surface area contributed by atoms with E-state index in [1.807, 2.05) is 67.6 Å². The van der Waals surface area contributed by atoms with Crippen molar-refractivity contribution in [3.63, 3.8) is 0 Å². The van der Waals surface area contributed by atoms with Crippen molar-refractivity contribution in [2.24, 2.45) is 0 Å². The number of furan rings is 1. The Morgan fingerprint density at radius 1 is 1.09 bits per heavy atom. The molecule has 0 radical (unpaired) electrons. The van der Waals surface area contributed by atoms with Crippen molar-refractivity contribution < 1.29 is 9.21 Å². The summed E-state index contributed by atoms with van der Waals surface area (Å²) in [6.45, 7) is 5.86. The number of aryl methyl sites for hydroxylation is 1. The molecule has 3 heterocycles. The number of nitrogens with one attached hydrogen (secondary N) is 1. The molecule has 1 N–H and O–H groups in total. The number of thioether (sulfide) groups is 1. The number of amides is 1. The van der Waals surface area contributed by atoms with Gasteiger partial charge in [0.05, 0.1) is 34.6 Å². The smallest absolute Gasteiger partial charge is 0.267 e. The SMILES string of the molecule is Cc1cccc(-n2c(=O)c3ccccc3n3c(SCC(=O)NC(C)c4ccco4)nnc23)c1C. The molecule has 1 atom stereocenters. The largest absolute Gasteiger partial charge is 0.467 e. The predicted octanol–water partition coefficient (Wildman–Crippen LogP) is 4.21. The maximum atomic E-state index is 13.5. The van der Waals surface area contributed by atoms with Gasteiger partial charge in [-0.3, -0.25) is 14.0 Å². The zero-order valence-corrected chi connectivity index (χ0v) is 19.8. The summed E-state index contributed by atoms with van der Waals surface area (Å²) in [5.41, 5.74) is 3.36. The third kappa shape index (κ3) is 3.77. The Morgan fingerprint density at radius 2 is 1.91 bits per heavy atom. The standard InChI is InChI=1S/C25H23N5O3S/c1-15-8-6-11-19(16(15)2)29-23(32)18-9-4-5-10-20(18)30-24(29)27-28-25(30)34-14-22(31)26-17(3)21-12-7-13-33-21/h4-13,17H,14H2,1-3H3,(H,26,31). The molecule has 172 valence electrons. The number of aromatic nitrogens is 4. The first kappa shape index (κ1) is 22.0. The Hall–Kier alpha value is -3.85. The lowest BCUT2D eigenvalue weighted by atomic mass is 10.1. The van der Waals surface area contributed by atoms with Crippen molar-refractivity contribution in [1.29, 1.82) is 0 Å². The molecule has 0 fully saturated rings. The summed E-state index contributed by atoms with van der Waals surface area (Å²) in [7, 11) is 0. The highest BCUT2D eigenvalue weighted by atomic mass is 32.2. The molecule has 2 aromatic carbocycles. The highest BCUT2D eigenvalue weighted by molar-refractivity contribution is 7.99. The van der Waals surface area contributed by atoms with Gasteiger partial charge in [0, 0.05) is 0 Å². The number of para-hydroxylation sites is 1. The summed E-state index contributed by atoms with van der Waals surface area (Å²) in [6.07, 6.45) is 1.58. The average Bonchev–Trinajstić information content (AvgIpc) is 3.51. The van der Waals surface area contributed by atoms with Gasteiger partial charge in [-0.25, -0.2) is 4.57 Å². The summed E-state index contributed by atoms with van der Waals surface area (Å²) < 4.78 is 8.79. The van der Waals surface area contributed by atoms with Gasteiger partial charge in [-0.2, -0.15) is 0 Å². The van der Waals surface area contributed by atoms with E-state index in [4.69, 9.17) is 4.42 Å². The second-order valence-corrected chi connectivity index (χ2v) is 9.03. The van der Waals surface area contributed by atoms with Gasteiger partial charge in [-0.05, 0) is 62.2 Å². The summed E-state index contributed by atoms with van der Waals surface area (Å²) in [6, 6.07) is 16.6. The average molecular weight is 474 g/mol. The number of hydrogen-bond donors (Lipinski definition) is 1. The number of carbonyl (C=O) groups is 1. The van der Waals surface area contributed by atoms with Crippen LogP contribution in [0, 0.1) is 13.8 Å². The number of carbonyl (C=O) groups excluding carboxylic acids is 1. The van der Waals surface area contributed by atoms with Crippen LogP contribution in [0.1, 0.15) is 29.9 Å². The highest BCUT2D eigenvalue weighted by Gasteiger charge is 2.20. The molecular weight excluding hydrogens is 450 g/mol. The van der Waals surface area contributed by atoms with Gasteiger partial charge in [0.1, 0.15) is 5.76 Å². The molecular formula is C25H23N5O3S. The van der Waals surface area contributed by atoms with E-state index in [1.165, 1.54) is 11.8 Å². The van der Waals surface area contributed by atoms with Crippen LogP contribution in [0.4, 0.5) is 0 Å². The Kier molecular flexibility index (Phi) is 5.70. The van der Waals surface area contributed by atoms with Crippen molar-refractivity contribution in [3.8, 4) is 5.69 Å². The van der Waals surface area contributed by atoms with E-state index in [-0.39, 0.29) is 23.3 Å². The van der Waals surface area contributed by atoms with Crippen molar-refractivity contribution in [2.75, 3.05) is 5.75 Å². The van der Waals surface area contributed by atoms with Crippen molar-refractivity contribution in [1.82, 2.24) is 24.5 Å². The van der Waals surface area contributed by atoms with Gasteiger partial charge < -0.3 is 9.73 Å². The van der Waals surface area contributed by atoms with Gasteiger partial charge in [-0.15, -0.1) is 10.2 Å². The minimum Gasteiger partial charge on any atom is -0.467 e. The van der Waals surface area contributed by atoms with Crippen LogP contribution in [0.25, 0.3) is 22.4 Å². The number of benzene rings is 2. The van der Waals surface area contributed by atoms with Crippen LogP contribution in [0.2, 0.25) is 0 Å². The predicted molar refractivity (Wildman–Crippen MR) is 132 cm³/mol. The molecule has 1 unspecified atom stereocenters. The lowest BCUT2D eigenvalue weighted by Crippen LogP contribution is -2.28. The van der Waals surface area contributed by atoms with Crippen LogP contribution in [0.15, 0.2) is 75.2 Å². The van der Waals surface area contributed by atoms with Crippen LogP contribution in [0.5, 0.6) is 0 Å². The maximum absolute atomic E-state index is 13.5. The molecule has 34 heavy (non-hydrogen) atoms. The Morgan fingerprint density at radius 3 is 2.71 bits per heavy atom. The summed E-state index contributed by atoms with van der Waals surface area (Å²) in [5.74, 6) is 1.08. The van der Waals surface area contributed by atoms with Crippen LogP contribution in [-0.4, -0.2) is 30.8 Å². The molecule has 0 aliphatic heterocycles. The fourth-order valence-corrected chi connectivity index (χ4v) is 4.74. The lowest BCUT2D eigenvalue weighted by Gasteiger charge is -2.14. The molecule has 8 nitrogen and oxygen atoms in total. The number of rotatable bonds is 6. The first-order chi connectivity index (χ1) is 16.5. The molecule has 0 aliphatic carbocycles. The van der Waals surface area contributed by atoms with Crippen LogP contribution in [0.3, 0.4) is 0 Å². The zero-order valence-electron chi connectivity index (χ0n) is 19.0. The van der Waals surface area contributed by atoms with Crippen molar-refractivity contribution in [2.45, 2.75) is 32.0 Å². The summed E-state index contributed by atoms with van der Waals surface area (Å²) in [5, 5.41) is 12.7. The van der Waals surface area contributed by atoms with E-state index >= 15 is 0 Å². The van der Waals surface area contributed by atoms with Crippen LogP contribution in [-0.2, 0) is 4.79 Å². The van der Waals surface area contributed by atoms with Crippen molar-refractivity contribution in [3.05, 3.63) is 88.1 Å². The lowest BCUT2D eigenvalue weighted by molar-refractivity contribution is -0.119. The quantitative estimate of drug-likeness (QED) is 0.371. The molecule has 5 rings (SSSR count). The van der Waals surface area contributed by atoms with Crippen molar-refractivity contribution >= 4 is 34.3 Å². The maximum Gasteiger partial charge on any atom is 0.267 e. The Bertz CT molecular complexity index is 1570. The number of nitrogens with zero attached hydrogens (tertiary/aromatic N) is 4. The van der Waals surface area contributed by atoms with E-state index < -0.39 is 0 Å². The molecule has 1 amide bonds. The first-order valence-electron chi connectivity index (χ1n) is 10.9. The Labute approximate surface area is 199 Å². The Balaban J connectivity index is 1.56. The molecule has 9 heteroatoms. The van der Waals surface area contributed by atoms with Crippen LogP contribution < -0.4 is 10.9 Å². The van der Waals surface area contributed by atoms with Gasteiger partial charge in [0.2, 0.25) is 11.7 Å². The van der Waals surface area contributed by atoms with Crippen LogP contribution >= 0.6 is 11.8 Å². The number of hydrogen-bond acceptors (Lipinski definition) is 6.